The van der Waals surface area contributed by atoms with Crippen molar-refractivity contribution in [2.45, 2.75) is 5.41 Å². The molecule has 0 saturated heterocycles. The number of para-hydroxylation sites is 3. The van der Waals surface area contributed by atoms with E-state index in [2.05, 4.69) is 164 Å². The fraction of sp³-hybridized carbons (Fsp3) is 0.0143. The molecule has 76 heavy (non-hydrogen) atoms. The molecule has 0 saturated carbocycles. The number of fused-ring (bicyclic) bond motifs is 19. The van der Waals surface area contributed by atoms with Crippen LogP contribution in [0.15, 0.2) is 250 Å². The lowest BCUT2D eigenvalue weighted by molar-refractivity contribution is 0.668. The maximum Gasteiger partial charge on any atom is 0.167 e. The Labute approximate surface area is 434 Å². The molecule has 6 heteroatoms. The summed E-state index contributed by atoms with van der Waals surface area (Å²) in [6, 6.07) is 83.9. The average Bonchev–Trinajstić information content (AvgIpc) is 4.39. The minimum absolute atomic E-state index is 0.396. The summed E-state index contributed by atoms with van der Waals surface area (Å²) in [4.78, 5) is 16.0. The molecular formula is C70H39N3O3. The number of nitrogens with zero attached hydrogens (tertiary/aromatic N) is 3. The molecule has 0 atom stereocenters. The third-order valence-electron chi connectivity index (χ3n) is 16.2. The third kappa shape index (κ3) is 5.62. The van der Waals surface area contributed by atoms with E-state index in [1.165, 1.54) is 55.6 Å². The van der Waals surface area contributed by atoms with Gasteiger partial charge in [0, 0.05) is 43.4 Å². The Morgan fingerprint density at radius 3 is 1.39 bits per heavy atom. The normalized spacial score (nSPS) is 13.1. The summed E-state index contributed by atoms with van der Waals surface area (Å²) >= 11 is 0. The van der Waals surface area contributed by atoms with Crippen molar-refractivity contribution in [1.29, 1.82) is 0 Å². The molecular weight excluding hydrogens is 931 g/mol. The SMILES string of the molecule is c1ccc2c(c1)-c1ccccc1C21c2ccccc2-c2c(-c3ccc(-c4ccc5oc6cccc(-c7nc(-c8cccc9c8oc8ccccc89)nc(-c8cccc9oc%10ccccc%10c89)n7)c6c5c4)cc3)cccc21. The molecule has 0 fully saturated rings. The van der Waals surface area contributed by atoms with Crippen molar-refractivity contribution in [3.8, 4) is 78.7 Å². The second-order valence-corrected chi connectivity index (χ2v) is 20.0. The topological polar surface area (TPSA) is 78.1 Å². The Morgan fingerprint density at radius 2 is 0.697 bits per heavy atom. The molecule has 0 radical (unpaired) electrons. The van der Waals surface area contributed by atoms with Crippen LogP contribution in [0.25, 0.3) is 144 Å². The van der Waals surface area contributed by atoms with Gasteiger partial charge in [-0.1, -0.05) is 194 Å². The summed E-state index contributed by atoms with van der Waals surface area (Å²) in [5.41, 5.74) is 21.8. The molecule has 4 heterocycles. The average molecular weight is 970 g/mol. The van der Waals surface area contributed by atoms with E-state index in [9.17, 15) is 0 Å². The summed E-state index contributed by atoms with van der Waals surface area (Å²) in [5.74, 6) is 1.54. The molecule has 1 spiro atoms. The Kier molecular flexibility index (Phi) is 8.39. The van der Waals surface area contributed by atoms with Gasteiger partial charge in [0.15, 0.2) is 17.5 Å². The van der Waals surface area contributed by atoms with Crippen molar-refractivity contribution in [2.24, 2.45) is 0 Å². The number of benzene rings is 11. The standard InChI is InChI=1S/C70H39N3O3/c1-6-25-54-44(15-1)45-16-2-7-26-55(45)70(54)56-27-8-3-18-48(56)63-43(20-12-28-57(63)70)41-35-33-40(34-36-41)42-37-38-60-53(39-42)65-51(23-14-32-62(65)75-60)68-71-67(50-22-13-31-61-64(50)49-19-5-10-30-59(49)74-61)72-69(73-68)52-24-11-21-47-46-17-4-9-29-58(46)76-66(47)52/h1-39H. The van der Waals surface area contributed by atoms with Crippen LogP contribution in [-0.4, -0.2) is 15.0 Å². The van der Waals surface area contributed by atoms with Crippen molar-refractivity contribution >= 4 is 65.8 Å². The van der Waals surface area contributed by atoms with E-state index < -0.39 is 5.41 Å². The predicted molar refractivity (Wildman–Crippen MR) is 305 cm³/mol. The minimum Gasteiger partial charge on any atom is -0.456 e. The Balaban J connectivity index is 0.815. The molecule has 17 rings (SSSR count). The first-order chi connectivity index (χ1) is 37.7. The summed E-state index contributed by atoms with van der Waals surface area (Å²) in [6.07, 6.45) is 0. The van der Waals surface area contributed by atoms with E-state index in [4.69, 9.17) is 28.2 Å². The first kappa shape index (κ1) is 41.3. The van der Waals surface area contributed by atoms with Crippen LogP contribution in [0.3, 0.4) is 0 Å². The highest BCUT2D eigenvalue weighted by molar-refractivity contribution is 6.15. The molecule has 0 unspecified atom stereocenters. The van der Waals surface area contributed by atoms with Crippen LogP contribution in [0.1, 0.15) is 22.3 Å². The van der Waals surface area contributed by atoms with E-state index >= 15 is 0 Å². The molecule has 6 nitrogen and oxygen atoms in total. The summed E-state index contributed by atoms with van der Waals surface area (Å²) < 4.78 is 19.6. The van der Waals surface area contributed by atoms with Crippen LogP contribution < -0.4 is 0 Å². The molecule has 352 valence electrons. The summed E-state index contributed by atoms with van der Waals surface area (Å²) in [7, 11) is 0. The second-order valence-electron chi connectivity index (χ2n) is 20.0. The van der Waals surface area contributed by atoms with Gasteiger partial charge in [0.05, 0.1) is 11.0 Å². The van der Waals surface area contributed by atoms with Crippen molar-refractivity contribution in [3.63, 3.8) is 0 Å². The van der Waals surface area contributed by atoms with Crippen LogP contribution in [0.4, 0.5) is 0 Å². The zero-order chi connectivity index (χ0) is 49.6. The van der Waals surface area contributed by atoms with E-state index in [0.29, 0.717) is 17.5 Å². The predicted octanol–water partition coefficient (Wildman–Crippen LogP) is 18.2. The molecule has 0 bridgehead atoms. The van der Waals surface area contributed by atoms with E-state index in [1.807, 2.05) is 72.8 Å². The number of hydrogen-bond acceptors (Lipinski definition) is 6. The highest BCUT2D eigenvalue weighted by Gasteiger charge is 2.52. The smallest absolute Gasteiger partial charge is 0.167 e. The molecule has 0 aliphatic heterocycles. The van der Waals surface area contributed by atoms with Crippen LogP contribution in [0, 0.1) is 0 Å². The largest absolute Gasteiger partial charge is 0.456 e. The lowest BCUT2D eigenvalue weighted by Crippen LogP contribution is -2.25. The zero-order valence-electron chi connectivity index (χ0n) is 40.6. The van der Waals surface area contributed by atoms with E-state index in [-0.39, 0.29) is 0 Å². The van der Waals surface area contributed by atoms with Crippen molar-refractivity contribution in [2.75, 3.05) is 0 Å². The van der Waals surface area contributed by atoms with Crippen LogP contribution >= 0.6 is 0 Å². The number of hydrogen-bond donors (Lipinski definition) is 0. The quantitative estimate of drug-likeness (QED) is 0.171. The highest BCUT2D eigenvalue weighted by atomic mass is 16.3. The van der Waals surface area contributed by atoms with Gasteiger partial charge in [0.1, 0.15) is 33.5 Å². The van der Waals surface area contributed by atoms with Gasteiger partial charge in [-0.2, -0.15) is 0 Å². The number of aromatic nitrogens is 3. The fourth-order valence-corrected chi connectivity index (χ4v) is 13.0. The molecule has 2 aliphatic carbocycles. The van der Waals surface area contributed by atoms with Gasteiger partial charge in [0.2, 0.25) is 0 Å². The first-order valence-corrected chi connectivity index (χ1v) is 25.7. The lowest BCUT2D eigenvalue weighted by Gasteiger charge is -2.30. The van der Waals surface area contributed by atoms with E-state index in [0.717, 1.165) is 93.6 Å². The van der Waals surface area contributed by atoms with Crippen LogP contribution in [0.2, 0.25) is 0 Å². The molecule has 15 aromatic rings. The maximum absolute atomic E-state index is 6.66. The zero-order valence-corrected chi connectivity index (χ0v) is 40.6. The molecule has 11 aromatic carbocycles. The van der Waals surface area contributed by atoms with Crippen LogP contribution in [-0.2, 0) is 5.41 Å². The molecule has 0 N–H and O–H groups in total. The number of rotatable bonds is 5. The second kappa shape index (κ2) is 15.4. The monoisotopic (exact) mass is 969 g/mol. The molecule has 4 aromatic heterocycles. The van der Waals surface area contributed by atoms with Gasteiger partial charge in [-0.15, -0.1) is 0 Å². The van der Waals surface area contributed by atoms with Gasteiger partial charge in [-0.25, -0.2) is 15.0 Å². The Hall–Kier alpha value is -10.2. The lowest BCUT2D eigenvalue weighted by atomic mass is 9.70. The van der Waals surface area contributed by atoms with Crippen molar-refractivity contribution < 1.29 is 13.3 Å². The van der Waals surface area contributed by atoms with Gasteiger partial charge in [-0.3, -0.25) is 0 Å². The van der Waals surface area contributed by atoms with Gasteiger partial charge in [0.25, 0.3) is 0 Å². The third-order valence-corrected chi connectivity index (χ3v) is 16.2. The fourth-order valence-electron chi connectivity index (χ4n) is 13.0. The van der Waals surface area contributed by atoms with Gasteiger partial charge in [-0.05, 0) is 109 Å². The van der Waals surface area contributed by atoms with E-state index in [1.54, 1.807) is 0 Å². The first-order valence-electron chi connectivity index (χ1n) is 25.7. The Bertz CT molecular complexity index is 4910. The summed E-state index contributed by atoms with van der Waals surface area (Å²) in [6.45, 7) is 0. The highest BCUT2D eigenvalue weighted by Crippen LogP contribution is 2.64. The molecule has 2 aliphatic rings. The van der Waals surface area contributed by atoms with Crippen molar-refractivity contribution in [3.05, 3.63) is 259 Å². The van der Waals surface area contributed by atoms with Crippen LogP contribution in [0.5, 0.6) is 0 Å². The van der Waals surface area contributed by atoms with Crippen molar-refractivity contribution in [1.82, 2.24) is 15.0 Å². The number of furan rings is 3. The van der Waals surface area contributed by atoms with Gasteiger partial charge >= 0.3 is 0 Å². The van der Waals surface area contributed by atoms with Gasteiger partial charge < -0.3 is 13.3 Å². The maximum atomic E-state index is 6.66. The minimum atomic E-state index is -0.396. The summed E-state index contributed by atoms with van der Waals surface area (Å²) in [5, 5.41) is 5.87. The Morgan fingerprint density at radius 1 is 0.263 bits per heavy atom. The molecule has 0 amide bonds.